The summed E-state index contributed by atoms with van der Waals surface area (Å²) < 4.78 is 98.2. The first-order valence-corrected chi connectivity index (χ1v) is 7.92. The van der Waals surface area contributed by atoms with E-state index in [4.69, 9.17) is 16.3 Å². The highest BCUT2D eigenvalue weighted by molar-refractivity contribution is 6.30. The molecule has 2 rings (SSSR count). The van der Waals surface area contributed by atoms with E-state index in [1.807, 2.05) is 0 Å². The summed E-state index contributed by atoms with van der Waals surface area (Å²) in [6.45, 7) is 2.96. The molecule has 9 heteroatoms. The Kier molecular flexibility index (Phi) is 5.43. The number of ether oxygens (including phenoxy) is 1. The van der Waals surface area contributed by atoms with Crippen molar-refractivity contribution in [2.75, 3.05) is 13.7 Å². The van der Waals surface area contributed by atoms with Crippen LogP contribution in [-0.2, 0) is 11.2 Å². The molecule has 2 atom stereocenters. The molecule has 1 fully saturated rings. The van der Waals surface area contributed by atoms with Gasteiger partial charge in [0.2, 0.25) is 0 Å². The first-order chi connectivity index (χ1) is 11.8. The van der Waals surface area contributed by atoms with Gasteiger partial charge in [0.25, 0.3) is 0 Å². The maximum Gasteiger partial charge on any atom is 0.426 e. The molecule has 0 aromatic heterocycles. The summed E-state index contributed by atoms with van der Waals surface area (Å²) in [4.78, 5) is 0. The number of methoxy groups -OCH3 is 1. The van der Waals surface area contributed by atoms with Gasteiger partial charge in [0.1, 0.15) is 5.03 Å². The van der Waals surface area contributed by atoms with Crippen molar-refractivity contribution in [1.29, 1.82) is 0 Å². The van der Waals surface area contributed by atoms with Crippen molar-refractivity contribution in [1.82, 2.24) is 0 Å². The summed E-state index contributed by atoms with van der Waals surface area (Å²) in [6.07, 6.45) is -4.57. The lowest BCUT2D eigenvalue weighted by atomic mass is 9.88. The number of allylic oxidation sites excluding steroid dienone is 2. The maximum atomic E-state index is 14.0. The zero-order valence-corrected chi connectivity index (χ0v) is 14.8. The average Bonchev–Trinajstić information content (AvgIpc) is 2.95. The standard InChI is InChI=1S/C17H16ClF7O/c1-15(2)11(5-12(18)17(23,24)25)16(15,7-26-3)6-8-13(21)9(19)4-10(20)14(8)22/h4-5,11H,6-7H2,1-3H3. The third-order valence-corrected chi connectivity index (χ3v) is 5.59. The Morgan fingerprint density at radius 2 is 1.65 bits per heavy atom. The molecule has 0 N–H and O–H groups in total. The summed E-state index contributed by atoms with van der Waals surface area (Å²) in [5, 5.41) is -1.38. The van der Waals surface area contributed by atoms with Crippen LogP contribution in [0.2, 0.25) is 0 Å². The van der Waals surface area contributed by atoms with Gasteiger partial charge in [0.15, 0.2) is 23.3 Å². The van der Waals surface area contributed by atoms with E-state index in [9.17, 15) is 30.7 Å². The van der Waals surface area contributed by atoms with E-state index in [2.05, 4.69) is 0 Å². The van der Waals surface area contributed by atoms with Crippen molar-refractivity contribution in [3.63, 3.8) is 0 Å². The van der Waals surface area contributed by atoms with Crippen LogP contribution < -0.4 is 0 Å². The summed E-state index contributed by atoms with van der Waals surface area (Å²) in [6, 6.07) is 0.0765. The normalized spacial score (nSPS) is 25.5. The topological polar surface area (TPSA) is 9.23 Å². The number of halogens is 8. The van der Waals surface area contributed by atoms with Gasteiger partial charge in [0, 0.05) is 24.2 Å². The van der Waals surface area contributed by atoms with Crippen LogP contribution in [0.1, 0.15) is 19.4 Å². The van der Waals surface area contributed by atoms with E-state index in [1.54, 1.807) is 13.8 Å². The van der Waals surface area contributed by atoms with Crippen LogP contribution in [0.3, 0.4) is 0 Å². The Morgan fingerprint density at radius 1 is 1.15 bits per heavy atom. The largest absolute Gasteiger partial charge is 0.426 e. The van der Waals surface area contributed by atoms with E-state index in [0.717, 1.165) is 6.08 Å². The molecule has 0 saturated heterocycles. The number of hydrogen-bond acceptors (Lipinski definition) is 1. The quantitative estimate of drug-likeness (QED) is 0.448. The van der Waals surface area contributed by atoms with Crippen LogP contribution in [0.15, 0.2) is 17.2 Å². The van der Waals surface area contributed by atoms with Crippen molar-refractivity contribution in [3.05, 3.63) is 46.0 Å². The minimum absolute atomic E-state index is 0.0765. The smallest absolute Gasteiger partial charge is 0.384 e. The average molecular weight is 405 g/mol. The molecule has 0 amide bonds. The molecule has 146 valence electrons. The second-order valence-corrected chi connectivity index (χ2v) is 7.33. The summed E-state index contributed by atoms with van der Waals surface area (Å²) in [5.41, 5.74) is -2.99. The molecule has 1 nitrogen and oxygen atoms in total. The predicted molar refractivity (Wildman–Crippen MR) is 81.5 cm³/mol. The second kappa shape index (κ2) is 6.71. The van der Waals surface area contributed by atoms with Crippen LogP contribution in [0.4, 0.5) is 30.7 Å². The lowest BCUT2D eigenvalue weighted by Crippen LogP contribution is -2.22. The molecule has 0 radical (unpaired) electrons. The SMILES string of the molecule is COCC1(Cc2c(F)c(F)cc(F)c2F)C(C=C(Cl)C(F)(F)F)C1(C)C. The van der Waals surface area contributed by atoms with Crippen LogP contribution in [0, 0.1) is 40.0 Å². The van der Waals surface area contributed by atoms with Crippen molar-refractivity contribution in [2.24, 2.45) is 16.7 Å². The van der Waals surface area contributed by atoms with Crippen molar-refractivity contribution < 1.29 is 35.5 Å². The molecular weight excluding hydrogens is 389 g/mol. The highest BCUT2D eigenvalue weighted by Crippen LogP contribution is 2.71. The molecule has 1 aliphatic carbocycles. The van der Waals surface area contributed by atoms with Crippen LogP contribution in [-0.4, -0.2) is 19.9 Å². The minimum atomic E-state index is -4.78. The Morgan fingerprint density at radius 3 is 2.08 bits per heavy atom. The van der Waals surface area contributed by atoms with Crippen molar-refractivity contribution in [2.45, 2.75) is 26.4 Å². The molecule has 1 aliphatic rings. The van der Waals surface area contributed by atoms with Gasteiger partial charge in [-0.15, -0.1) is 0 Å². The Bertz CT molecular complexity index is 715. The third kappa shape index (κ3) is 3.33. The van der Waals surface area contributed by atoms with E-state index < -0.39 is 63.2 Å². The van der Waals surface area contributed by atoms with E-state index in [-0.39, 0.29) is 12.7 Å². The number of benzene rings is 1. The van der Waals surface area contributed by atoms with Gasteiger partial charge in [-0.05, 0) is 17.8 Å². The molecule has 2 unspecified atom stereocenters. The Hall–Kier alpha value is -1.28. The van der Waals surface area contributed by atoms with Crippen LogP contribution >= 0.6 is 11.6 Å². The van der Waals surface area contributed by atoms with Gasteiger partial charge in [-0.1, -0.05) is 31.5 Å². The van der Waals surface area contributed by atoms with Gasteiger partial charge < -0.3 is 4.74 Å². The van der Waals surface area contributed by atoms with Gasteiger partial charge in [-0.25, -0.2) is 17.6 Å². The second-order valence-electron chi connectivity index (χ2n) is 6.92. The molecular formula is C17H16ClF7O. The van der Waals surface area contributed by atoms with E-state index >= 15 is 0 Å². The lowest BCUT2D eigenvalue weighted by Gasteiger charge is -2.21. The van der Waals surface area contributed by atoms with E-state index in [1.165, 1.54) is 7.11 Å². The van der Waals surface area contributed by atoms with E-state index in [0.29, 0.717) is 0 Å². The molecule has 0 aliphatic heterocycles. The zero-order chi connectivity index (χ0) is 20.1. The fourth-order valence-electron chi connectivity index (χ4n) is 3.61. The van der Waals surface area contributed by atoms with Gasteiger partial charge in [-0.2, -0.15) is 13.2 Å². The fourth-order valence-corrected chi connectivity index (χ4v) is 3.74. The lowest BCUT2D eigenvalue weighted by molar-refractivity contribution is -0.0849. The molecule has 0 heterocycles. The molecule has 0 spiro atoms. The maximum absolute atomic E-state index is 14.0. The first kappa shape index (κ1) is 21.0. The number of hydrogen-bond donors (Lipinski definition) is 0. The Balaban J connectivity index is 2.51. The first-order valence-electron chi connectivity index (χ1n) is 7.55. The highest BCUT2D eigenvalue weighted by Gasteiger charge is 2.70. The number of alkyl halides is 3. The monoisotopic (exact) mass is 404 g/mol. The highest BCUT2D eigenvalue weighted by atomic mass is 35.5. The summed E-state index contributed by atoms with van der Waals surface area (Å²) >= 11 is 5.29. The minimum Gasteiger partial charge on any atom is -0.384 e. The zero-order valence-electron chi connectivity index (χ0n) is 14.1. The molecule has 0 bridgehead atoms. The molecule has 1 saturated carbocycles. The van der Waals surface area contributed by atoms with Gasteiger partial charge >= 0.3 is 6.18 Å². The van der Waals surface area contributed by atoms with Gasteiger partial charge in [0.05, 0.1) is 6.61 Å². The van der Waals surface area contributed by atoms with Crippen molar-refractivity contribution in [3.8, 4) is 0 Å². The van der Waals surface area contributed by atoms with Gasteiger partial charge in [-0.3, -0.25) is 0 Å². The summed E-state index contributed by atoms with van der Waals surface area (Å²) in [5.74, 6) is -7.18. The Labute approximate surface area is 150 Å². The fraction of sp³-hybridized carbons (Fsp3) is 0.529. The molecule has 26 heavy (non-hydrogen) atoms. The summed E-state index contributed by atoms with van der Waals surface area (Å²) in [7, 11) is 1.27. The molecule has 1 aromatic carbocycles. The molecule has 1 aromatic rings. The van der Waals surface area contributed by atoms with Crippen LogP contribution in [0.25, 0.3) is 0 Å². The van der Waals surface area contributed by atoms with Crippen molar-refractivity contribution >= 4 is 11.6 Å². The van der Waals surface area contributed by atoms with Crippen LogP contribution in [0.5, 0.6) is 0 Å². The number of rotatable bonds is 5. The third-order valence-electron chi connectivity index (χ3n) is 5.25. The predicted octanol–water partition coefficient (Wildman–Crippen LogP) is 5.76.